The van der Waals surface area contributed by atoms with Gasteiger partial charge in [0.1, 0.15) is 6.33 Å². The van der Waals surface area contributed by atoms with E-state index in [-0.39, 0.29) is 0 Å². The minimum absolute atomic E-state index is 0.503. The molecule has 1 saturated heterocycles. The Bertz CT molecular complexity index is 607. The van der Waals surface area contributed by atoms with Crippen molar-refractivity contribution in [3.8, 4) is 0 Å². The molecule has 0 radical (unpaired) electrons. The number of anilines is 1. The van der Waals surface area contributed by atoms with Crippen LogP contribution in [0.25, 0.3) is 11.2 Å². The monoisotopic (exact) mass is 288 g/mol. The fourth-order valence-electron chi connectivity index (χ4n) is 3.15. The Labute approximate surface area is 125 Å². The van der Waals surface area contributed by atoms with E-state index < -0.39 is 0 Å². The SMILES string of the molecule is CC[C@@H]1CN(CC)CCN1c1ncnc2c1ncn2CC. The summed E-state index contributed by atoms with van der Waals surface area (Å²) in [5.74, 6) is 0.995. The second-order valence-electron chi connectivity index (χ2n) is 5.55. The Morgan fingerprint density at radius 3 is 2.67 bits per heavy atom. The molecule has 0 unspecified atom stereocenters. The van der Waals surface area contributed by atoms with E-state index in [1.54, 1.807) is 6.33 Å². The van der Waals surface area contributed by atoms with Gasteiger partial charge in [0.05, 0.1) is 6.33 Å². The summed E-state index contributed by atoms with van der Waals surface area (Å²) in [7, 11) is 0. The van der Waals surface area contributed by atoms with Crippen molar-refractivity contribution in [3.05, 3.63) is 12.7 Å². The van der Waals surface area contributed by atoms with Gasteiger partial charge in [-0.15, -0.1) is 0 Å². The molecule has 3 heterocycles. The first-order chi connectivity index (χ1) is 10.3. The standard InChI is InChI=1S/C15H24N6/c1-4-12-9-19(5-2)7-8-21(12)15-13-14(16-10-17-15)20(6-3)11-18-13/h10-12H,4-9H2,1-3H3/t12-/m1/s1. The van der Waals surface area contributed by atoms with Crippen LogP contribution in [0.1, 0.15) is 27.2 Å². The van der Waals surface area contributed by atoms with Gasteiger partial charge in [-0.25, -0.2) is 15.0 Å². The Morgan fingerprint density at radius 1 is 1.10 bits per heavy atom. The van der Waals surface area contributed by atoms with Crippen molar-refractivity contribution < 1.29 is 0 Å². The van der Waals surface area contributed by atoms with Crippen LogP contribution < -0.4 is 4.90 Å². The van der Waals surface area contributed by atoms with Crippen LogP contribution >= 0.6 is 0 Å². The molecule has 0 aromatic carbocycles. The lowest BCUT2D eigenvalue weighted by Crippen LogP contribution is -2.53. The van der Waals surface area contributed by atoms with Crippen molar-refractivity contribution >= 4 is 17.0 Å². The molecule has 2 aromatic rings. The maximum Gasteiger partial charge on any atom is 0.165 e. The van der Waals surface area contributed by atoms with E-state index in [0.29, 0.717) is 6.04 Å². The largest absolute Gasteiger partial charge is 0.349 e. The van der Waals surface area contributed by atoms with Crippen molar-refractivity contribution in [3.63, 3.8) is 0 Å². The smallest absolute Gasteiger partial charge is 0.165 e. The Kier molecular flexibility index (Phi) is 4.05. The average molecular weight is 288 g/mol. The van der Waals surface area contributed by atoms with Crippen molar-refractivity contribution in [2.24, 2.45) is 0 Å². The van der Waals surface area contributed by atoms with E-state index in [1.807, 2.05) is 6.33 Å². The number of hydrogen-bond acceptors (Lipinski definition) is 5. The van der Waals surface area contributed by atoms with E-state index in [9.17, 15) is 0 Å². The van der Waals surface area contributed by atoms with Gasteiger partial charge in [-0.05, 0) is 19.9 Å². The van der Waals surface area contributed by atoms with Gasteiger partial charge in [0.2, 0.25) is 0 Å². The third-order valence-electron chi connectivity index (χ3n) is 4.48. The van der Waals surface area contributed by atoms with Crippen LogP contribution in [-0.4, -0.2) is 56.6 Å². The molecule has 0 amide bonds. The van der Waals surface area contributed by atoms with Crippen LogP contribution in [0.2, 0.25) is 0 Å². The summed E-state index contributed by atoms with van der Waals surface area (Å²) in [6.07, 6.45) is 4.66. The number of hydrogen-bond donors (Lipinski definition) is 0. The molecule has 2 aromatic heterocycles. The van der Waals surface area contributed by atoms with Crippen LogP contribution in [0.5, 0.6) is 0 Å². The highest BCUT2D eigenvalue weighted by molar-refractivity contribution is 5.83. The van der Waals surface area contributed by atoms with Gasteiger partial charge in [0, 0.05) is 32.2 Å². The second kappa shape index (κ2) is 5.97. The second-order valence-corrected chi connectivity index (χ2v) is 5.55. The van der Waals surface area contributed by atoms with Crippen molar-refractivity contribution in [2.45, 2.75) is 39.8 Å². The minimum atomic E-state index is 0.503. The van der Waals surface area contributed by atoms with Crippen LogP contribution in [0.4, 0.5) is 5.82 Å². The highest BCUT2D eigenvalue weighted by Gasteiger charge is 2.28. The predicted octanol–water partition coefficient (Wildman–Crippen LogP) is 1.77. The lowest BCUT2D eigenvalue weighted by molar-refractivity contribution is 0.229. The Balaban J connectivity index is 1.97. The number of aryl methyl sites for hydroxylation is 1. The first kappa shape index (κ1) is 14.3. The van der Waals surface area contributed by atoms with Gasteiger partial charge in [0.25, 0.3) is 0 Å². The van der Waals surface area contributed by atoms with E-state index >= 15 is 0 Å². The lowest BCUT2D eigenvalue weighted by Gasteiger charge is -2.41. The molecule has 1 aliphatic heterocycles. The number of nitrogens with zero attached hydrogens (tertiary/aromatic N) is 6. The zero-order valence-corrected chi connectivity index (χ0v) is 13.2. The van der Waals surface area contributed by atoms with E-state index in [0.717, 1.165) is 56.1 Å². The lowest BCUT2D eigenvalue weighted by atomic mass is 10.1. The van der Waals surface area contributed by atoms with Crippen LogP contribution in [0.15, 0.2) is 12.7 Å². The summed E-state index contributed by atoms with van der Waals surface area (Å²) in [6, 6.07) is 0.503. The van der Waals surface area contributed by atoms with E-state index in [2.05, 4.69) is 50.1 Å². The molecule has 0 bridgehead atoms. The van der Waals surface area contributed by atoms with Crippen LogP contribution in [0.3, 0.4) is 0 Å². The highest BCUT2D eigenvalue weighted by atomic mass is 15.3. The van der Waals surface area contributed by atoms with Gasteiger partial charge in [-0.3, -0.25) is 4.90 Å². The van der Waals surface area contributed by atoms with Gasteiger partial charge < -0.3 is 9.47 Å². The molecule has 1 aliphatic rings. The van der Waals surface area contributed by atoms with E-state index in [1.165, 1.54) is 0 Å². The summed E-state index contributed by atoms with van der Waals surface area (Å²) in [5, 5.41) is 0. The molecular formula is C15H24N6. The summed E-state index contributed by atoms with van der Waals surface area (Å²) < 4.78 is 2.07. The zero-order chi connectivity index (χ0) is 14.8. The van der Waals surface area contributed by atoms with Crippen molar-refractivity contribution in [1.82, 2.24) is 24.4 Å². The predicted molar refractivity (Wildman–Crippen MR) is 84.5 cm³/mol. The highest BCUT2D eigenvalue weighted by Crippen LogP contribution is 2.26. The van der Waals surface area contributed by atoms with Gasteiger partial charge in [-0.1, -0.05) is 13.8 Å². The number of likely N-dealkylation sites (N-methyl/N-ethyl adjacent to an activating group) is 1. The molecular weight excluding hydrogens is 264 g/mol. The average Bonchev–Trinajstić information content (AvgIpc) is 2.97. The van der Waals surface area contributed by atoms with Crippen LogP contribution in [-0.2, 0) is 6.54 Å². The molecule has 0 spiro atoms. The van der Waals surface area contributed by atoms with Gasteiger partial charge >= 0.3 is 0 Å². The summed E-state index contributed by atoms with van der Waals surface area (Å²) >= 11 is 0. The molecule has 1 atom stereocenters. The Morgan fingerprint density at radius 2 is 1.95 bits per heavy atom. The quantitative estimate of drug-likeness (QED) is 0.858. The minimum Gasteiger partial charge on any atom is -0.349 e. The summed E-state index contributed by atoms with van der Waals surface area (Å²) in [4.78, 5) is 18.4. The first-order valence-electron chi connectivity index (χ1n) is 7.93. The summed E-state index contributed by atoms with van der Waals surface area (Å²) in [6.45, 7) is 11.8. The Hall–Kier alpha value is -1.69. The van der Waals surface area contributed by atoms with Gasteiger partial charge in [0.15, 0.2) is 17.0 Å². The third kappa shape index (κ3) is 2.48. The van der Waals surface area contributed by atoms with Crippen molar-refractivity contribution in [1.29, 1.82) is 0 Å². The number of piperazine rings is 1. The number of rotatable bonds is 4. The molecule has 0 aliphatic carbocycles. The molecule has 21 heavy (non-hydrogen) atoms. The maximum absolute atomic E-state index is 4.56. The first-order valence-corrected chi connectivity index (χ1v) is 7.93. The van der Waals surface area contributed by atoms with Gasteiger partial charge in [-0.2, -0.15) is 0 Å². The zero-order valence-electron chi connectivity index (χ0n) is 13.2. The topological polar surface area (TPSA) is 50.1 Å². The fraction of sp³-hybridized carbons (Fsp3) is 0.667. The number of fused-ring (bicyclic) bond motifs is 1. The number of imidazole rings is 1. The normalized spacial score (nSPS) is 20.3. The maximum atomic E-state index is 4.56. The molecule has 0 saturated carbocycles. The van der Waals surface area contributed by atoms with E-state index in [4.69, 9.17) is 0 Å². The molecule has 114 valence electrons. The third-order valence-corrected chi connectivity index (χ3v) is 4.48. The van der Waals surface area contributed by atoms with Crippen LogP contribution in [0, 0.1) is 0 Å². The molecule has 1 fully saturated rings. The number of aromatic nitrogens is 4. The fourth-order valence-corrected chi connectivity index (χ4v) is 3.15. The molecule has 6 heteroatoms. The van der Waals surface area contributed by atoms with Crippen molar-refractivity contribution in [2.75, 3.05) is 31.1 Å². The molecule has 6 nitrogen and oxygen atoms in total. The molecule has 0 N–H and O–H groups in total. The molecule has 3 rings (SSSR count). The summed E-state index contributed by atoms with van der Waals surface area (Å²) in [5.41, 5.74) is 1.87.